The zero-order valence-corrected chi connectivity index (χ0v) is 5.99. The van der Waals surface area contributed by atoms with Crippen LogP contribution >= 0.6 is 0 Å². The molecule has 0 aromatic rings. The number of halogens is 3. The van der Waals surface area contributed by atoms with E-state index in [0.717, 1.165) is 0 Å². The van der Waals surface area contributed by atoms with Crippen molar-refractivity contribution in [2.24, 2.45) is 0 Å². The topological polar surface area (TPSA) is 35.0 Å². The molecular formula is H5F3KN. The predicted molar refractivity (Wildman–Crippen MR) is 8.64 cm³/mol. The maximum absolute atomic E-state index is 0. The van der Waals surface area contributed by atoms with Crippen LogP contribution in [0.25, 0.3) is 0 Å². The van der Waals surface area contributed by atoms with Gasteiger partial charge in [-0.25, -0.2) is 0 Å². The van der Waals surface area contributed by atoms with E-state index in [9.17, 15) is 0 Å². The Hall–Kier alpha value is 1.39. The molecule has 0 aromatic carbocycles. The van der Waals surface area contributed by atoms with Crippen molar-refractivity contribution < 1.29 is 66.9 Å². The van der Waals surface area contributed by atoms with E-state index in [1.165, 1.54) is 0 Å². The monoisotopic (exact) mass is 115 g/mol. The van der Waals surface area contributed by atoms with Crippen LogP contribution < -0.4 is 66.9 Å². The second kappa shape index (κ2) is 53.9. The Labute approximate surface area is 72.1 Å². The standard InChI is InChI=1S/3FH.K.H3N/h3*1H;;1H3/q;;;+1;/p-1. The van der Waals surface area contributed by atoms with Crippen molar-refractivity contribution in [2.75, 3.05) is 0 Å². The van der Waals surface area contributed by atoms with Crippen molar-refractivity contribution in [2.45, 2.75) is 0 Å². The van der Waals surface area contributed by atoms with Gasteiger partial charge in [0.15, 0.2) is 0 Å². The van der Waals surface area contributed by atoms with Gasteiger partial charge in [0, 0.05) is 0 Å². The molecule has 0 unspecified atom stereocenters. The van der Waals surface area contributed by atoms with Gasteiger partial charge in [0.05, 0.1) is 0 Å². The molecular weight excluding hydrogens is 110 g/mol. The zero-order valence-electron chi connectivity index (χ0n) is 3.87. The van der Waals surface area contributed by atoms with Crippen molar-refractivity contribution in [3.05, 3.63) is 0 Å². The molecule has 0 saturated carbocycles. The fraction of sp³-hybridized carbons (Fsp3) is 0. The van der Waals surface area contributed by atoms with Gasteiger partial charge in [-0.3, -0.25) is 4.70 Å². The van der Waals surface area contributed by atoms with E-state index in [0.29, 0.717) is 0 Å². The fourth-order valence-corrected chi connectivity index (χ4v) is 0. The van der Waals surface area contributed by atoms with Gasteiger partial charge in [-0.1, -0.05) is 0 Å². The molecule has 0 aliphatic carbocycles. The van der Waals surface area contributed by atoms with Gasteiger partial charge < -0.3 is 15.6 Å². The average molecular weight is 115 g/mol. The second-order valence-corrected chi connectivity index (χ2v) is 0. The van der Waals surface area contributed by atoms with Gasteiger partial charge in [-0.15, -0.1) is 0 Å². The van der Waals surface area contributed by atoms with E-state index >= 15 is 0 Å². The Kier molecular flexibility index (Phi) is 1040. The van der Waals surface area contributed by atoms with Gasteiger partial charge in [0.25, 0.3) is 0 Å². The van der Waals surface area contributed by atoms with E-state index in [-0.39, 0.29) is 73.1 Å². The van der Waals surface area contributed by atoms with Gasteiger partial charge >= 0.3 is 52.8 Å². The Morgan fingerprint density at radius 1 is 1.00 bits per heavy atom. The van der Waals surface area contributed by atoms with Crippen LogP contribution in [-0.2, 0) is 0 Å². The van der Waals surface area contributed by atoms with Crippen molar-refractivity contribution in [1.29, 1.82) is 0 Å². The fourth-order valence-electron chi connectivity index (χ4n) is 0. The van der Waals surface area contributed by atoms with E-state index in [1.54, 1.807) is 0 Å². The van der Waals surface area contributed by atoms with Crippen LogP contribution in [0.15, 0.2) is 0 Å². The Morgan fingerprint density at radius 2 is 1.00 bits per heavy atom. The largest absolute Gasteiger partial charge is 1.00 e. The first kappa shape index (κ1) is 96.4. The van der Waals surface area contributed by atoms with Crippen LogP contribution in [-0.4, -0.2) is 0 Å². The third kappa shape index (κ3) is 32.1. The molecule has 0 bridgehead atoms. The molecule has 0 aromatic heterocycles. The normalized spacial score (nSPS) is 0. The average Bonchev–Trinajstić information content (AvgIpc) is 0. The summed E-state index contributed by atoms with van der Waals surface area (Å²) in [6.45, 7) is 0. The first-order chi connectivity index (χ1) is 0. The molecule has 0 aliphatic rings. The SMILES string of the molecule is F.N.[F-].[F-].[H+].[K+]. The molecule has 0 saturated heterocycles. The van der Waals surface area contributed by atoms with Crippen LogP contribution in [0.5, 0.6) is 0 Å². The van der Waals surface area contributed by atoms with E-state index in [4.69, 9.17) is 0 Å². The molecule has 0 spiro atoms. The number of hydrogen-bond donors (Lipinski definition) is 1. The molecule has 5 heavy (non-hydrogen) atoms. The minimum absolute atomic E-state index is 0. The first-order valence-electron chi connectivity index (χ1n) is 0. The summed E-state index contributed by atoms with van der Waals surface area (Å²) in [6, 6.07) is 0. The third-order valence-electron chi connectivity index (χ3n) is 0. The molecule has 0 fully saturated rings. The summed E-state index contributed by atoms with van der Waals surface area (Å²) in [5, 5.41) is 0. The maximum atomic E-state index is 0. The van der Waals surface area contributed by atoms with Crippen LogP contribution in [0.2, 0.25) is 0 Å². The number of rotatable bonds is 0. The van der Waals surface area contributed by atoms with Crippen molar-refractivity contribution in [1.82, 2.24) is 6.15 Å². The second-order valence-electron chi connectivity index (χ2n) is 0. The molecule has 0 radical (unpaired) electrons. The zero-order chi connectivity index (χ0) is 0. The smallest absolute Gasteiger partial charge is 1.00 e. The minimum Gasteiger partial charge on any atom is -1.00 e. The summed E-state index contributed by atoms with van der Waals surface area (Å²) < 4.78 is 0. The summed E-state index contributed by atoms with van der Waals surface area (Å²) in [6.07, 6.45) is 0. The molecule has 0 amide bonds. The van der Waals surface area contributed by atoms with Crippen LogP contribution in [0.3, 0.4) is 0 Å². The summed E-state index contributed by atoms with van der Waals surface area (Å²) in [5.74, 6) is 0. The molecule has 32 valence electrons. The van der Waals surface area contributed by atoms with E-state index < -0.39 is 0 Å². The Balaban J connectivity index is 0. The minimum atomic E-state index is 0. The van der Waals surface area contributed by atoms with E-state index in [1.807, 2.05) is 0 Å². The Morgan fingerprint density at radius 3 is 1.00 bits per heavy atom. The van der Waals surface area contributed by atoms with Crippen molar-refractivity contribution >= 4 is 0 Å². The molecule has 0 aliphatic heterocycles. The number of hydrogen-bond acceptors (Lipinski definition) is 1. The Bertz CT molecular complexity index is 10.8. The molecule has 0 heterocycles. The third-order valence-corrected chi connectivity index (χ3v) is 0. The molecule has 5 heteroatoms. The summed E-state index contributed by atoms with van der Waals surface area (Å²) in [7, 11) is 0. The van der Waals surface area contributed by atoms with Crippen molar-refractivity contribution in [3.8, 4) is 0 Å². The van der Waals surface area contributed by atoms with Gasteiger partial charge in [-0.05, 0) is 0 Å². The van der Waals surface area contributed by atoms with Gasteiger partial charge in [-0.2, -0.15) is 0 Å². The quantitative estimate of drug-likeness (QED) is 0.313. The summed E-state index contributed by atoms with van der Waals surface area (Å²) >= 11 is 0. The van der Waals surface area contributed by atoms with Crippen LogP contribution in [0.4, 0.5) is 4.70 Å². The summed E-state index contributed by atoms with van der Waals surface area (Å²) in [5.41, 5.74) is 0. The van der Waals surface area contributed by atoms with Crippen molar-refractivity contribution in [3.63, 3.8) is 0 Å². The maximum Gasteiger partial charge on any atom is 1.00 e. The first-order valence-corrected chi connectivity index (χ1v) is 0. The van der Waals surface area contributed by atoms with Gasteiger partial charge in [0.2, 0.25) is 0 Å². The molecule has 0 rings (SSSR count). The van der Waals surface area contributed by atoms with Gasteiger partial charge in [0.1, 0.15) is 0 Å². The van der Waals surface area contributed by atoms with E-state index in [2.05, 4.69) is 0 Å². The predicted octanol–water partition coefficient (Wildman–Crippen LogP) is -8.56. The van der Waals surface area contributed by atoms with Crippen LogP contribution in [0, 0.1) is 0 Å². The summed E-state index contributed by atoms with van der Waals surface area (Å²) in [4.78, 5) is 0. The molecule has 1 nitrogen and oxygen atoms in total. The molecule has 3 N–H and O–H groups in total. The molecule has 0 atom stereocenters. The van der Waals surface area contributed by atoms with Crippen LogP contribution in [0.1, 0.15) is 1.43 Å².